The summed E-state index contributed by atoms with van der Waals surface area (Å²) in [5.41, 5.74) is 2.48. The molecule has 0 saturated heterocycles. The van der Waals surface area contributed by atoms with Gasteiger partial charge in [-0.3, -0.25) is 4.68 Å². The van der Waals surface area contributed by atoms with Gasteiger partial charge in [0.2, 0.25) is 0 Å². The monoisotopic (exact) mass is 287 g/mol. The Hall–Kier alpha value is -1.78. The number of nitrogens with zero attached hydrogens (tertiary/aromatic N) is 4. The minimum Gasteiger partial charge on any atom is -0.370 e. The van der Waals surface area contributed by atoms with Gasteiger partial charge in [0.25, 0.3) is 0 Å². The minimum absolute atomic E-state index is 0.310. The Kier molecular flexibility index (Phi) is 3.99. The zero-order chi connectivity index (χ0) is 14.8. The summed E-state index contributed by atoms with van der Waals surface area (Å²) in [5, 5.41) is 12.8. The lowest BCUT2D eigenvalue weighted by Crippen LogP contribution is -2.24. The molecule has 114 valence electrons. The van der Waals surface area contributed by atoms with Crippen LogP contribution in [0.15, 0.2) is 18.5 Å². The van der Waals surface area contributed by atoms with E-state index in [2.05, 4.69) is 48.1 Å². The molecule has 5 nitrogen and oxygen atoms in total. The number of aryl methyl sites for hydroxylation is 1. The van der Waals surface area contributed by atoms with Crippen LogP contribution in [-0.2, 0) is 6.54 Å². The molecule has 1 unspecified atom stereocenters. The fraction of sp³-hybridized carbons (Fsp3) is 0.625. The summed E-state index contributed by atoms with van der Waals surface area (Å²) >= 11 is 0. The van der Waals surface area contributed by atoms with Crippen LogP contribution in [0.2, 0.25) is 0 Å². The third-order valence-electron chi connectivity index (χ3n) is 4.54. The smallest absolute Gasteiger partial charge is 0.125 e. The zero-order valence-corrected chi connectivity index (χ0v) is 13.2. The topological polar surface area (TPSA) is 47.7 Å². The van der Waals surface area contributed by atoms with Crippen LogP contribution in [0.25, 0.3) is 0 Å². The Morgan fingerprint density at radius 3 is 2.81 bits per heavy atom. The average molecular weight is 287 g/mol. The molecule has 2 aromatic rings. The second-order valence-corrected chi connectivity index (χ2v) is 5.77. The van der Waals surface area contributed by atoms with E-state index < -0.39 is 0 Å². The highest BCUT2D eigenvalue weighted by Crippen LogP contribution is 2.32. The van der Waals surface area contributed by atoms with Crippen molar-refractivity contribution in [3.05, 3.63) is 29.7 Å². The molecule has 21 heavy (non-hydrogen) atoms. The van der Waals surface area contributed by atoms with Crippen LogP contribution < -0.4 is 5.32 Å². The molecule has 1 atom stereocenters. The van der Waals surface area contributed by atoms with Crippen molar-refractivity contribution in [3.63, 3.8) is 0 Å². The Morgan fingerprint density at radius 1 is 1.33 bits per heavy atom. The lowest BCUT2D eigenvalue weighted by molar-refractivity contribution is 0.470. The van der Waals surface area contributed by atoms with Gasteiger partial charge in [-0.15, -0.1) is 0 Å². The van der Waals surface area contributed by atoms with E-state index in [1.54, 1.807) is 0 Å². The lowest BCUT2D eigenvalue weighted by Gasteiger charge is -2.24. The van der Waals surface area contributed by atoms with Crippen LogP contribution in [-0.4, -0.2) is 26.1 Å². The van der Waals surface area contributed by atoms with Gasteiger partial charge in [-0.2, -0.15) is 10.2 Å². The molecule has 0 fully saturated rings. The number of nitrogens with one attached hydrogen (secondary N) is 1. The maximum absolute atomic E-state index is 4.90. The molecule has 1 N–H and O–H groups in total. The highest BCUT2D eigenvalue weighted by atomic mass is 15.4. The summed E-state index contributed by atoms with van der Waals surface area (Å²) in [4.78, 5) is 0. The first-order valence-electron chi connectivity index (χ1n) is 8.12. The first-order valence-corrected chi connectivity index (χ1v) is 8.12. The molecule has 0 bridgehead atoms. The Bertz CT molecular complexity index is 594. The van der Waals surface area contributed by atoms with Gasteiger partial charge < -0.3 is 5.32 Å². The Balaban J connectivity index is 1.93. The van der Waals surface area contributed by atoms with Gasteiger partial charge >= 0.3 is 0 Å². The van der Waals surface area contributed by atoms with E-state index in [1.165, 1.54) is 11.3 Å². The second-order valence-electron chi connectivity index (χ2n) is 5.77. The summed E-state index contributed by atoms with van der Waals surface area (Å²) in [6, 6.07) is 2.54. The molecule has 0 radical (unpaired) electrons. The number of aromatic nitrogens is 4. The molecule has 0 amide bonds. The van der Waals surface area contributed by atoms with Gasteiger partial charge in [0, 0.05) is 36.8 Å². The van der Waals surface area contributed by atoms with E-state index in [-0.39, 0.29) is 0 Å². The fourth-order valence-corrected chi connectivity index (χ4v) is 3.18. The van der Waals surface area contributed by atoms with Gasteiger partial charge in [0.15, 0.2) is 0 Å². The molecule has 5 heteroatoms. The van der Waals surface area contributed by atoms with Crippen LogP contribution in [0.4, 0.5) is 5.82 Å². The molecule has 3 rings (SSSR count). The molecule has 0 aromatic carbocycles. The molecular weight excluding hydrogens is 262 g/mol. The molecule has 1 aliphatic rings. The van der Waals surface area contributed by atoms with Crippen molar-refractivity contribution in [2.45, 2.75) is 58.5 Å². The highest BCUT2D eigenvalue weighted by molar-refractivity contribution is 5.41. The van der Waals surface area contributed by atoms with Crippen molar-refractivity contribution in [2.75, 3.05) is 11.9 Å². The number of anilines is 1. The van der Waals surface area contributed by atoms with E-state index in [0.29, 0.717) is 12.0 Å². The maximum atomic E-state index is 4.90. The lowest BCUT2D eigenvalue weighted by atomic mass is 10.00. The molecule has 3 heterocycles. The summed E-state index contributed by atoms with van der Waals surface area (Å²) in [5.74, 6) is 1.71. The van der Waals surface area contributed by atoms with E-state index in [0.717, 1.165) is 38.2 Å². The number of hydrogen-bond acceptors (Lipinski definition) is 3. The molecule has 1 aliphatic heterocycles. The summed E-state index contributed by atoms with van der Waals surface area (Å²) in [7, 11) is 0. The summed E-state index contributed by atoms with van der Waals surface area (Å²) in [6.45, 7) is 8.50. The van der Waals surface area contributed by atoms with Crippen molar-refractivity contribution < 1.29 is 0 Å². The summed E-state index contributed by atoms with van der Waals surface area (Å²) < 4.78 is 4.15. The number of fused-ring (bicyclic) bond motifs is 1. The largest absolute Gasteiger partial charge is 0.370 e. The van der Waals surface area contributed by atoms with Crippen molar-refractivity contribution in [3.8, 4) is 0 Å². The van der Waals surface area contributed by atoms with Crippen LogP contribution >= 0.6 is 0 Å². The first-order chi connectivity index (χ1) is 10.3. The predicted molar refractivity (Wildman–Crippen MR) is 84.7 cm³/mol. The molecule has 0 saturated carbocycles. The normalized spacial score (nSPS) is 17.8. The number of rotatable bonds is 5. The van der Waals surface area contributed by atoms with E-state index in [1.807, 2.05) is 10.9 Å². The standard InChI is InChI=1S/C16H25N5/c1-4-12(5-2)14-9-16-17-8-7-15(21(16)19-14)13-10-18-20(6-3)11-13/h9-12,15,17H,4-8H2,1-3H3. The van der Waals surface area contributed by atoms with Crippen molar-refractivity contribution in [1.82, 2.24) is 19.6 Å². The maximum Gasteiger partial charge on any atom is 0.125 e. The van der Waals surface area contributed by atoms with Crippen LogP contribution in [0.5, 0.6) is 0 Å². The van der Waals surface area contributed by atoms with E-state index >= 15 is 0 Å². The fourth-order valence-electron chi connectivity index (χ4n) is 3.18. The van der Waals surface area contributed by atoms with Gasteiger partial charge in [0.1, 0.15) is 5.82 Å². The molecular formula is C16H25N5. The van der Waals surface area contributed by atoms with E-state index in [4.69, 9.17) is 5.10 Å². The second kappa shape index (κ2) is 5.92. The van der Waals surface area contributed by atoms with Crippen LogP contribution in [0, 0.1) is 0 Å². The van der Waals surface area contributed by atoms with Gasteiger partial charge in [-0.05, 0) is 26.2 Å². The molecule has 2 aromatic heterocycles. The van der Waals surface area contributed by atoms with Crippen molar-refractivity contribution >= 4 is 5.82 Å². The predicted octanol–water partition coefficient (Wildman–Crippen LogP) is 3.41. The highest BCUT2D eigenvalue weighted by Gasteiger charge is 2.25. The van der Waals surface area contributed by atoms with Gasteiger partial charge in [0.05, 0.1) is 17.9 Å². The zero-order valence-electron chi connectivity index (χ0n) is 13.2. The third-order valence-corrected chi connectivity index (χ3v) is 4.54. The number of hydrogen-bond donors (Lipinski definition) is 1. The molecule has 0 aliphatic carbocycles. The van der Waals surface area contributed by atoms with E-state index in [9.17, 15) is 0 Å². The Morgan fingerprint density at radius 2 is 2.14 bits per heavy atom. The van der Waals surface area contributed by atoms with Crippen LogP contribution in [0.3, 0.4) is 0 Å². The van der Waals surface area contributed by atoms with Crippen molar-refractivity contribution in [2.24, 2.45) is 0 Å². The summed E-state index contributed by atoms with van der Waals surface area (Å²) in [6.07, 6.45) is 7.49. The first kappa shape index (κ1) is 14.2. The van der Waals surface area contributed by atoms with Crippen molar-refractivity contribution in [1.29, 1.82) is 0 Å². The minimum atomic E-state index is 0.310. The third kappa shape index (κ3) is 2.57. The quantitative estimate of drug-likeness (QED) is 0.916. The average Bonchev–Trinajstić information content (AvgIpc) is 3.14. The Labute approximate surface area is 126 Å². The molecule has 0 spiro atoms. The van der Waals surface area contributed by atoms with Gasteiger partial charge in [-0.25, -0.2) is 4.68 Å². The SMILES string of the molecule is CCC(CC)c1cc2n(n1)C(c1cnn(CC)c1)CCN2. The van der Waals surface area contributed by atoms with Gasteiger partial charge in [-0.1, -0.05) is 13.8 Å². The van der Waals surface area contributed by atoms with Crippen LogP contribution in [0.1, 0.15) is 63.3 Å².